The number of amides is 1. The molecule has 1 aromatic carbocycles. The van der Waals surface area contributed by atoms with Crippen LogP contribution in [0, 0.1) is 10.8 Å². The van der Waals surface area contributed by atoms with Crippen molar-refractivity contribution >= 4 is 31.8 Å². The quantitative estimate of drug-likeness (QED) is 0.317. The van der Waals surface area contributed by atoms with Gasteiger partial charge >= 0.3 is 10.4 Å². The predicted molar refractivity (Wildman–Crippen MR) is 82.5 cm³/mol. The van der Waals surface area contributed by atoms with Gasteiger partial charge in [-0.15, -0.1) is 0 Å². The summed E-state index contributed by atoms with van der Waals surface area (Å²) in [5.74, 6) is -1.05. The molecule has 1 atom stereocenters. The van der Waals surface area contributed by atoms with E-state index in [9.17, 15) is 21.6 Å². The molecule has 0 bridgehead atoms. The number of nitrogens with two attached hydrogens (primary N) is 1. The number of benzene rings is 1. The fraction of sp³-hybridized carbons (Fsp3) is 0.364. The summed E-state index contributed by atoms with van der Waals surface area (Å²) < 4.78 is 56.8. The van der Waals surface area contributed by atoms with Crippen molar-refractivity contribution in [3.8, 4) is 0 Å². The van der Waals surface area contributed by atoms with Gasteiger partial charge in [0.2, 0.25) is 0 Å². The topological polar surface area (TPSA) is 200 Å². The fourth-order valence-electron chi connectivity index (χ4n) is 1.44. The average Bonchev–Trinajstić information content (AvgIpc) is 2.48. The highest BCUT2D eigenvalue weighted by atomic mass is 32.3. The molecule has 24 heavy (non-hydrogen) atoms. The number of sulfone groups is 1. The first-order valence-electron chi connectivity index (χ1n) is 6.22. The van der Waals surface area contributed by atoms with E-state index in [1.807, 2.05) is 0 Å². The zero-order chi connectivity index (χ0) is 19.0. The van der Waals surface area contributed by atoms with Gasteiger partial charge in [-0.25, -0.2) is 12.6 Å². The Labute approximate surface area is 139 Å². The molecule has 1 unspecified atom stereocenters. The minimum atomic E-state index is -4.87. The summed E-state index contributed by atoms with van der Waals surface area (Å²) in [6.45, 7) is 0.718. The van der Waals surface area contributed by atoms with Crippen LogP contribution in [0.15, 0.2) is 24.3 Å². The van der Waals surface area contributed by atoms with Crippen LogP contribution in [0.4, 0.5) is 5.69 Å². The van der Waals surface area contributed by atoms with E-state index < -0.39 is 37.3 Å². The second kappa shape index (κ2) is 9.13. The molecule has 134 valence electrons. The third-order valence-corrected chi connectivity index (χ3v) is 5.14. The van der Waals surface area contributed by atoms with Gasteiger partial charge in [0.05, 0.1) is 5.75 Å². The molecule has 11 nitrogen and oxygen atoms in total. The maximum Gasteiger partial charge on any atom is 0.398 e. The predicted octanol–water partition coefficient (Wildman–Crippen LogP) is -0.391. The molecule has 4 N–H and O–H groups in total. The molecule has 1 rings (SSSR count). The lowest BCUT2D eigenvalue weighted by atomic mass is 10.2. The van der Waals surface area contributed by atoms with Crippen molar-refractivity contribution in [1.29, 1.82) is 10.8 Å². The van der Waals surface area contributed by atoms with Crippen LogP contribution in [0.25, 0.3) is 0 Å². The summed E-state index contributed by atoms with van der Waals surface area (Å²) >= 11 is 0. The molecule has 0 aliphatic carbocycles. The second-order valence-corrected chi connectivity index (χ2v) is 7.78. The monoisotopic (exact) mass is 380 g/mol. The van der Waals surface area contributed by atoms with Gasteiger partial charge < -0.3 is 11.1 Å². The number of nitrogens with one attached hydrogen (secondary N) is 1. The van der Waals surface area contributed by atoms with Gasteiger partial charge in [-0.2, -0.15) is 8.42 Å². The molecule has 1 amide bonds. The zero-order valence-corrected chi connectivity index (χ0v) is 14.1. The molecule has 0 aliphatic rings. The first kappa shape index (κ1) is 21.7. The van der Waals surface area contributed by atoms with E-state index in [0.29, 0.717) is 11.3 Å². The highest BCUT2D eigenvalue weighted by molar-refractivity contribution is 7.92. The van der Waals surface area contributed by atoms with Crippen LogP contribution in [-0.2, 0) is 24.4 Å². The lowest BCUT2D eigenvalue weighted by Crippen LogP contribution is -2.34. The molecular formula is C11H16N4O7S2. The van der Waals surface area contributed by atoms with Gasteiger partial charge in [-0.3, -0.25) is 9.35 Å². The number of carbonyl (C=O) groups excluding carboxylic acids is 1. The Kier molecular flexibility index (Phi) is 8.27. The van der Waals surface area contributed by atoms with Gasteiger partial charge in [0, 0.05) is 28.6 Å². The van der Waals surface area contributed by atoms with Crippen molar-refractivity contribution in [2.75, 3.05) is 18.0 Å². The number of nitrogen functional groups attached to an aromatic ring is 1. The van der Waals surface area contributed by atoms with Gasteiger partial charge in [0.25, 0.3) is 5.91 Å². The summed E-state index contributed by atoms with van der Waals surface area (Å²) in [6.07, 6.45) is 0. The molecule has 0 radical (unpaired) electrons. The van der Waals surface area contributed by atoms with Crippen LogP contribution in [-0.4, -0.2) is 45.0 Å². The minimum Gasteiger partial charge on any atom is -0.399 e. The van der Waals surface area contributed by atoms with Gasteiger partial charge in [0.1, 0.15) is 0 Å². The molecule has 0 aliphatic heterocycles. The highest BCUT2D eigenvalue weighted by Gasteiger charge is 2.26. The maximum absolute atomic E-state index is 11.7. The Bertz CT molecular complexity index is 772. The van der Waals surface area contributed by atoms with E-state index in [-0.39, 0.29) is 6.54 Å². The average molecular weight is 380 g/mol. The molecule has 0 saturated carbocycles. The molecule has 0 aromatic heterocycles. The Morgan fingerprint density at radius 1 is 1.25 bits per heavy atom. The summed E-state index contributed by atoms with van der Waals surface area (Å²) in [4.78, 5) is 11.7. The SMILES string of the molecule is CC(OS(=O)(=O)O)S(=O)(=O)CCNC(=O)c1ccc(N)cc1.N#N. The normalized spacial score (nSPS) is 12.5. The summed E-state index contributed by atoms with van der Waals surface area (Å²) in [6, 6.07) is 5.99. The van der Waals surface area contributed by atoms with Crippen LogP contribution in [0.3, 0.4) is 0 Å². The largest absolute Gasteiger partial charge is 0.399 e. The molecule has 1 aromatic rings. The van der Waals surface area contributed by atoms with Crippen molar-refractivity contribution in [3.63, 3.8) is 0 Å². The Hall–Kier alpha value is -2.27. The Morgan fingerprint density at radius 2 is 1.75 bits per heavy atom. The van der Waals surface area contributed by atoms with E-state index in [1.54, 1.807) is 0 Å². The van der Waals surface area contributed by atoms with E-state index in [1.165, 1.54) is 24.3 Å². The maximum atomic E-state index is 11.7. The molecule has 0 spiro atoms. The number of nitrogens with zero attached hydrogens (tertiary/aromatic N) is 2. The smallest absolute Gasteiger partial charge is 0.398 e. The number of hydrogen-bond donors (Lipinski definition) is 3. The Balaban J connectivity index is 0.00000254. The standard InChI is InChI=1S/C11H16N2O7S2.N2/c1-8(20-22(17,18)19)21(15,16)7-6-13-11(14)9-2-4-10(12)5-3-9;1-2/h2-5,8H,6-7,12H2,1H3,(H,13,14)(H,17,18,19);. The lowest BCUT2D eigenvalue weighted by Gasteiger charge is -2.12. The zero-order valence-electron chi connectivity index (χ0n) is 12.5. The summed E-state index contributed by atoms with van der Waals surface area (Å²) in [7, 11) is -8.85. The van der Waals surface area contributed by atoms with E-state index in [2.05, 4.69) is 9.50 Å². The van der Waals surface area contributed by atoms with Crippen molar-refractivity contribution in [1.82, 2.24) is 5.32 Å². The minimum absolute atomic E-state index is 0.245. The number of hydrogen-bond acceptors (Lipinski definition) is 9. The van der Waals surface area contributed by atoms with Crippen molar-refractivity contribution in [3.05, 3.63) is 29.8 Å². The summed E-state index contributed by atoms with van der Waals surface area (Å²) in [5.41, 5.74) is 4.50. The lowest BCUT2D eigenvalue weighted by molar-refractivity contribution is 0.0956. The first-order valence-corrected chi connectivity index (χ1v) is 9.30. The van der Waals surface area contributed by atoms with Crippen LogP contribution in [0.2, 0.25) is 0 Å². The van der Waals surface area contributed by atoms with Crippen molar-refractivity contribution < 1.29 is 30.4 Å². The van der Waals surface area contributed by atoms with Crippen LogP contribution < -0.4 is 11.1 Å². The number of rotatable bonds is 7. The summed E-state index contributed by atoms with van der Waals surface area (Å²) in [5, 5.41) is 14.4. The third-order valence-electron chi connectivity index (χ3n) is 2.61. The Morgan fingerprint density at radius 3 is 2.21 bits per heavy atom. The number of anilines is 1. The second-order valence-electron chi connectivity index (χ2n) is 4.34. The van der Waals surface area contributed by atoms with Gasteiger partial charge in [-0.05, 0) is 31.2 Å². The van der Waals surface area contributed by atoms with E-state index >= 15 is 0 Å². The first-order chi connectivity index (χ1) is 11.0. The van der Waals surface area contributed by atoms with Crippen LogP contribution in [0.1, 0.15) is 17.3 Å². The van der Waals surface area contributed by atoms with E-state index in [0.717, 1.165) is 6.92 Å². The van der Waals surface area contributed by atoms with Crippen LogP contribution >= 0.6 is 0 Å². The molecule has 0 saturated heterocycles. The molecule has 0 fully saturated rings. The number of carbonyl (C=O) groups is 1. The molecule has 0 heterocycles. The third kappa shape index (κ3) is 7.83. The fourth-order valence-corrected chi connectivity index (χ4v) is 3.28. The van der Waals surface area contributed by atoms with Gasteiger partial charge in [0.15, 0.2) is 15.3 Å². The van der Waals surface area contributed by atoms with Crippen LogP contribution in [0.5, 0.6) is 0 Å². The molecular weight excluding hydrogens is 364 g/mol. The highest BCUT2D eigenvalue weighted by Crippen LogP contribution is 2.07. The van der Waals surface area contributed by atoms with Crippen molar-refractivity contribution in [2.24, 2.45) is 0 Å². The van der Waals surface area contributed by atoms with E-state index in [4.69, 9.17) is 21.1 Å². The van der Waals surface area contributed by atoms with Gasteiger partial charge in [-0.1, -0.05) is 0 Å². The molecule has 13 heteroatoms. The van der Waals surface area contributed by atoms with Crippen molar-refractivity contribution in [2.45, 2.75) is 12.4 Å².